The number of rotatable bonds is 14. The fraction of sp³-hybridized carbons (Fsp3) is 0.889. The zero-order chi connectivity index (χ0) is 36.3. The molecule has 0 bridgehead atoms. The van der Waals surface area contributed by atoms with E-state index < -0.39 is 101 Å². The standard InChI is InChI=1S/C27H48O18S2/c1-13(9-27(6,7)12-26(3,4)5)8-14(2)23(33)42-20-17(30)15(10-28)40-24(19(20)32)43-25-22(45-47(37,38)39)21(44-46(34,35)36)18(31)16(11-29)41-25/h8,13,15-22,24-25,28-32H,9-12H2,1-7H3,(H,34,35,36)(H,37,38,39)/b14-8+. The molecule has 2 saturated heterocycles. The van der Waals surface area contributed by atoms with Crippen LogP contribution in [-0.2, 0) is 52.9 Å². The minimum Gasteiger partial charge on any atom is -0.453 e. The van der Waals surface area contributed by atoms with Crippen LogP contribution in [0.2, 0.25) is 0 Å². The molecule has 20 heteroatoms. The van der Waals surface area contributed by atoms with Gasteiger partial charge in [-0.15, -0.1) is 0 Å². The topological polar surface area (TPSA) is 282 Å². The number of carbonyl (C=O) groups excluding carboxylic acids is 1. The summed E-state index contributed by atoms with van der Waals surface area (Å²) >= 11 is 0. The molecule has 0 aromatic carbocycles. The zero-order valence-corrected chi connectivity index (χ0v) is 28.8. The molecule has 2 rings (SSSR count). The Morgan fingerprint density at radius 3 is 1.74 bits per heavy atom. The van der Waals surface area contributed by atoms with Crippen LogP contribution in [0.25, 0.3) is 0 Å². The van der Waals surface area contributed by atoms with Gasteiger partial charge in [-0.05, 0) is 36.5 Å². The fourth-order valence-electron chi connectivity index (χ4n) is 6.23. The number of esters is 1. The highest BCUT2D eigenvalue weighted by molar-refractivity contribution is 7.81. The lowest BCUT2D eigenvalue weighted by Gasteiger charge is -2.46. The largest absolute Gasteiger partial charge is 0.453 e. The first kappa shape index (κ1) is 41.8. The van der Waals surface area contributed by atoms with E-state index in [0.717, 1.165) is 12.8 Å². The van der Waals surface area contributed by atoms with Gasteiger partial charge >= 0.3 is 26.8 Å². The lowest BCUT2D eigenvalue weighted by molar-refractivity contribution is -0.372. The van der Waals surface area contributed by atoms with E-state index in [-0.39, 0.29) is 22.3 Å². The average molecular weight is 725 g/mol. The number of hydrogen-bond acceptors (Lipinski definition) is 16. The van der Waals surface area contributed by atoms with Gasteiger partial charge in [0.2, 0.25) is 0 Å². The molecule has 276 valence electrons. The van der Waals surface area contributed by atoms with Gasteiger partial charge in [0.1, 0.15) is 36.6 Å². The van der Waals surface area contributed by atoms with Gasteiger partial charge in [0, 0.05) is 5.57 Å². The highest BCUT2D eigenvalue weighted by Crippen LogP contribution is 2.38. The van der Waals surface area contributed by atoms with Crippen molar-refractivity contribution in [3.63, 3.8) is 0 Å². The number of ether oxygens (including phenoxy) is 4. The predicted molar refractivity (Wildman–Crippen MR) is 159 cm³/mol. The summed E-state index contributed by atoms with van der Waals surface area (Å²) in [6, 6.07) is 0. The summed E-state index contributed by atoms with van der Waals surface area (Å²) in [7, 11) is -10.9. The molecule has 0 radical (unpaired) electrons. The molecule has 0 saturated carbocycles. The molecule has 18 nitrogen and oxygen atoms in total. The van der Waals surface area contributed by atoms with E-state index in [1.54, 1.807) is 6.08 Å². The summed E-state index contributed by atoms with van der Waals surface area (Å²) in [5.41, 5.74) is 0.136. The molecular formula is C27H48O18S2. The summed E-state index contributed by atoms with van der Waals surface area (Å²) in [5.74, 6) is -1.03. The van der Waals surface area contributed by atoms with Crippen molar-refractivity contribution < 1.29 is 83.6 Å². The highest BCUT2D eigenvalue weighted by Gasteiger charge is 2.54. The number of allylic oxidation sites excluding steroid dienone is 1. The van der Waals surface area contributed by atoms with Crippen molar-refractivity contribution in [2.75, 3.05) is 13.2 Å². The van der Waals surface area contributed by atoms with Gasteiger partial charge in [-0.3, -0.25) is 9.11 Å². The van der Waals surface area contributed by atoms with Gasteiger partial charge in [-0.1, -0.05) is 47.6 Å². The summed E-state index contributed by atoms with van der Waals surface area (Å²) in [5, 5.41) is 51.6. The van der Waals surface area contributed by atoms with Crippen LogP contribution in [0.15, 0.2) is 11.6 Å². The number of carbonyl (C=O) groups is 1. The van der Waals surface area contributed by atoms with Gasteiger partial charge < -0.3 is 44.5 Å². The van der Waals surface area contributed by atoms with Crippen LogP contribution in [0, 0.1) is 16.7 Å². The van der Waals surface area contributed by atoms with Gasteiger partial charge in [-0.2, -0.15) is 16.8 Å². The Kier molecular flexibility index (Phi) is 14.3. The molecule has 11 unspecified atom stereocenters. The molecule has 0 aromatic rings. The maximum absolute atomic E-state index is 13.1. The number of hydrogen-bond donors (Lipinski definition) is 7. The van der Waals surface area contributed by atoms with Crippen LogP contribution in [0.1, 0.15) is 61.3 Å². The predicted octanol–water partition coefficient (Wildman–Crippen LogP) is -0.757. The van der Waals surface area contributed by atoms with E-state index in [0.29, 0.717) is 0 Å². The summed E-state index contributed by atoms with van der Waals surface area (Å²) in [4.78, 5) is 13.1. The van der Waals surface area contributed by atoms with E-state index in [2.05, 4.69) is 43.0 Å². The first-order valence-corrected chi connectivity index (χ1v) is 17.4. The van der Waals surface area contributed by atoms with Crippen molar-refractivity contribution in [1.29, 1.82) is 0 Å². The molecule has 2 fully saturated rings. The zero-order valence-electron chi connectivity index (χ0n) is 27.2. The second-order valence-electron chi connectivity index (χ2n) is 13.8. The molecular weight excluding hydrogens is 676 g/mol. The Balaban J connectivity index is 2.34. The second-order valence-corrected chi connectivity index (χ2v) is 15.9. The average Bonchev–Trinajstić information content (AvgIpc) is 2.88. The second kappa shape index (κ2) is 16.1. The van der Waals surface area contributed by atoms with Gasteiger partial charge in [-0.25, -0.2) is 13.2 Å². The first-order chi connectivity index (χ1) is 21.3. The van der Waals surface area contributed by atoms with Crippen LogP contribution in [-0.4, -0.2) is 132 Å². The minimum absolute atomic E-state index is 0.0705. The van der Waals surface area contributed by atoms with E-state index in [1.165, 1.54) is 6.92 Å². The van der Waals surface area contributed by atoms with Crippen LogP contribution in [0.5, 0.6) is 0 Å². The van der Waals surface area contributed by atoms with Gasteiger partial charge in [0.05, 0.1) is 13.2 Å². The number of aliphatic hydroxyl groups is 5. The summed E-state index contributed by atoms with van der Waals surface area (Å²) in [6.45, 7) is 12.0. The normalized spacial score (nSPS) is 33.8. The molecule has 11 atom stereocenters. The van der Waals surface area contributed by atoms with E-state index >= 15 is 0 Å². The van der Waals surface area contributed by atoms with Crippen molar-refractivity contribution in [3.05, 3.63) is 11.6 Å². The lowest BCUT2D eigenvalue weighted by Crippen LogP contribution is -2.65. The molecule has 0 aliphatic carbocycles. The molecule has 0 spiro atoms. The van der Waals surface area contributed by atoms with Crippen molar-refractivity contribution in [2.24, 2.45) is 16.7 Å². The third-order valence-corrected chi connectivity index (χ3v) is 8.27. The van der Waals surface area contributed by atoms with Crippen LogP contribution < -0.4 is 0 Å². The lowest BCUT2D eigenvalue weighted by atomic mass is 9.72. The Bertz CT molecular complexity index is 1290. The molecule has 2 aliphatic heterocycles. The van der Waals surface area contributed by atoms with Gasteiger partial charge in [0.15, 0.2) is 24.8 Å². The highest BCUT2D eigenvalue weighted by atomic mass is 32.3. The smallest absolute Gasteiger partial charge is 0.397 e. The quantitative estimate of drug-likeness (QED) is 0.0658. The SMILES string of the molecule is C/C(=C\C(C)CC(C)(C)CC(C)(C)C)C(=O)OC1C(O)C(CO)OC(OC2OC(CO)C(O)C(OS(=O)(=O)O)C2OS(=O)(=O)O)C1O. The Morgan fingerprint density at radius 1 is 0.809 bits per heavy atom. The van der Waals surface area contributed by atoms with Crippen LogP contribution in [0.4, 0.5) is 0 Å². The van der Waals surface area contributed by atoms with Crippen molar-refractivity contribution in [2.45, 2.75) is 123 Å². The first-order valence-electron chi connectivity index (χ1n) is 14.7. The van der Waals surface area contributed by atoms with E-state index in [1.807, 2.05) is 6.92 Å². The molecule has 47 heavy (non-hydrogen) atoms. The Hall–Kier alpha value is -1.37. The minimum atomic E-state index is -5.49. The van der Waals surface area contributed by atoms with E-state index in [4.69, 9.17) is 18.9 Å². The maximum Gasteiger partial charge on any atom is 0.397 e. The summed E-state index contributed by atoms with van der Waals surface area (Å²) in [6.07, 6.45) is -17.2. The van der Waals surface area contributed by atoms with Crippen LogP contribution >= 0.6 is 0 Å². The van der Waals surface area contributed by atoms with Gasteiger partial charge in [0.25, 0.3) is 0 Å². The Morgan fingerprint density at radius 2 is 1.28 bits per heavy atom. The summed E-state index contributed by atoms with van der Waals surface area (Å²) < 4.78 is 94.7. The third-order valence-electron chi connectivity index (χ3n) is 7.34. The maximum atomic E-state index is 13.1. The monoisotopic (exact) mass is 724 g/mol. The molecule has 2 heterocycles. The van der Waals surface area contributed by atoms with Crippen molar-refractivity contribution >= 4 is 26.8 Å². The third kappa shape index (κ3) is 12.8. The molecule has 0 amide bonds. The van der Waals surface area contributed by atoms with Crippen LogP contribution in [0.3, 0.4) is 0 Å². The molecule has 0 aromatic heterocycles. The number of aliphatic hydroxyl groups excluding tert-OH is 5. The molecule has 2 aliphatic rings. The van der Waals surface area contributed by atoms with Crippen molar-refractivity contribution in [1.82, 2.24) is 0 Å². The van der Waals surface area contributed by atoms with Crippen molar-refractivity contribution in [3.8, 4) is 0 Å². The Labute approximate surface area is 274 Å². The van der Waals surface area contributed by atoms with E-state index in [9.17, 15) is 56.3 Å². The fourth-order valence-corrected chi connectivity index (χ4v) is 7.22. The molecule has 7 N–H and O–H groups in total.